The van der Waals surface area contributed by atoms with E-state index >= 15 is 0 Å². The quantitative estimate of drug-likeness (QED) is 0.805. The van der Waals surface area contributed by atoms with Gasteiger partial charge in [-0.2, -0.15) is 5.10 Å². The van der Waals surface area contributed by atoms with Crippen molar-refractivity contribution in [3.05, 3.63) is 55.9 Å². The number of H-pyrrole nitrogens is 1. The Labute approximate surface area is 107 Å². The van der Waals surface area contributed by atoms with Gasteiger partial charge in [-0.3, -0.25) is 4.79 Å². The molecule has 1 aromatic heterocycles. The fourth-order valence-electron chi connectivity index (χ4n) is 1.85. The van der Waals surface area contributed by atoms with Crippen molar-refractivity contribution in [1.29, 1.82) is 0 Å². The second kappa shape index (κ2) is 4.52. The van der Waals surface area contributed by atoms with E-state index < -0.39 is 22.9 Å². The van der Waals surface area contributed by atoms with Crippen LogP contribution in [0.3, 0.4) is 0 Å². The molecule has 0 aliphatic carbocycles. The minimum atomic E-state index is -1.49. The van der Waals surface area contributed by atoms with E-state index in [2.05, 4.69) is 5.10 Å². The number of nitrogens with one attached hydrogen (secondary N) is 1. The summed E-state index contributed by atoms with van der Waals surface area (Å²) in [7, 11) is 0. The van der Waals surface area contributed by atoms with Gasteiger partial charge in [-0.1, -0.05) is 6.07 Å². The van der Waals surface area contributed by atoms with Gasteiger partial charge in [0.15, 0.2) is 0 Å². The average molecular weight is 261 g/mol. The Kier molecular flexibility index (Phi) is 3.04. The highest BCUT2D eigenvalue weighted by Gasteiger charge is 2.16. The van der Waals surface area contributed by atoms with Crippen LogP contribution in [0, 0.1) is 13.8 Å². The van der Waals surface area contributed by atoms with Crippen molar-refractivity contribution in [2.45, 2.75) is 13.8 Å². The second-order valence-corrected chi connectivity index (χ2v) is 4.17. The first-order valence-corrected chi connectivity index (χ1v) is 5.44. The summed E-state index contributed by atoms with van der Waals surface area (Å²) in [6.45, 7) is 3.63. The fraction of sp³-hybridized carbons (Fsp3) is 0.167. The van der Waals surface area contributed by atoms with Crippen molar-refractivity contribution in [3.8, 4) is 5.69 Å². The second-order valence-electron chi connectivity index (χ2n) is 4.17. The number of aromatic carboxylic acids is 1. The van der Waals surface area contributed by atoms with Crippen molar-refractivity contribution >= 4 is 5.97 Å². The van der Waals surface area contributed by atoms with Crippen molar-refractivity contribution in [2.75, 3.05) is 0 Å². The lowest BCUT2D eigenvalue weighted by atomic mass is 10.1. The largest absolute Gasteiger partial charge is 0.476 e. The Morgan fingerprint density at radius 1 is 1.21 bits per heavy atom. The van der Waals surface area contributed by atoms with E-state index in [0.29, 0.717) is 5.69 Å². The molecular formula is C12H11N3O4. The first-order chi connectivity index (χ1) is 8.90. The number of aryl methyl sites for hydroxylation is 2. The van der Waals surface area contributed by atoms with E-state index in [9.17, 15) is 14.4 Å². The Bertz CT molecular complexity index is 753. The lowest BCUT2D eigenvalue weighted by molar-refractivity contribution is 0.0686. The summed E-state index contributed by atoms with van der Waals surface area (Å²) >= 11 is 0. The highest BCUT2D eigenvalue weighted by atomic mass is 16.4. The molecule has 0 unspecified atom stereocenters. The van der Waals surface area contributed by atoms with Crippen molar-refractivity contribution in [1.82, 2.24) is 14.8 Å². The summed E-state index contributed by atoms with van der Waals surface area (Å²) in [6, 6.07) is 5.12. The van der Waals surface area contributed by atoms with Crippen LogP contribution in [0.15, 0.2) is 27.8 Å². The molecule has 7 nitrogen and oxygen atoms in total. The van der Waals surface area contributed by atoms with Crippen LogP contribution in [0.2, 0.25) is 0 Å². The maximum atomic E-state index is 12.0. The van der Waals surface area contributed by atoms with E-state index in [1.165, 1.54) is 0 Å². The topological polar surface area (TPSA) is 105 Å². The molecule has 7 heteroatoms. The maximum Gasteiger partial charge on any atom is 0.362 e. The molecule has 0 atom stereocenters. The van der Waals surface area contributed by atoms with Crippen LogP contribution in [0.25, 0.3) is 5.69 Å². The summed E-state index contributed by atoms with van der Waals surface area (Å²) in [5.74, 6) is -1.49. The Morgan fingerprint density at radius 3 is 2.32 bits per heavy atom. The van der Waals surface area contributed by atoms with Gasteiger partial charge < -0.3 is 5.11 Å². The number of carboxylic acid groups (broad SMARTS) is 1. The first-order valence-electron chi connectivity index (χ1n) is 5.44. The molecule has 2 N–H and O–H groups in total. The molecular weight excluding hydrogens is 250 g/mol. The summed E-state index contributed by atoms with van der Waals surface area (Å²) in [5, 5.41) is 14.1. The molecule has 0 spiro atoms. The molecule has 0 saturated carbocycles. The summed E-state index contributed by atoms with van der Waals surface area (Å²) in [4.78, 5) is 34.5. The number of carbonyl (C=O) groups is 1. The van der Waals surface area contributed by atoms with Gasteiger partial charge in [0.05, 0.1) is 5.69 Å². The molecule has 2 rings (SSSR count). The van der Waals surface area contributed by atoms with Gasteiger partial charge in [0, 0.05) is 0 Å². The minimum absolute atomic E-state index is 0.314. The van der Waals surface area contributed by atoms with Crippen LogP contribution >= 0.6 is 0 Å². The first kappa shape index (κ1) is 12.7. The molecule has 0 fully saturated rings. The minimum Gasteiger partial charge on any atom is -0.476 e. The van der Waals surface area contributed by atoms with Crippen molar-refractivity contribution < 1.29 is 9.90 Å². The van der Waals surface area contributed by atoms with Gasteiger partial charge in [-0.15, -0.1) is 0 Å². The van der Waals surface area contributed by atoms with Crippen LogP contribution in [0.4, 0.5) is 0 Å². The zero-order valence-electron chi connectivity index (χ0n) is 10.3. The van der Waals surface area contributed by atoms with Gasteiger partial charge in [-0.05, 0) is 37.1 Å². The summed E-state index contributed by atoms with van der Waals surface area (Å²) in [6.07, 6.45) is 0. The molecule has 19 heavy (non-hydrogen) atoms. The number of aromatic nitrogens is 3. The standard InChI is InChI=1S/C12H11N3O4/c1-6-3-7(2)5-8(4-6)15-10(16)9(11(17)18)13-14-12(15)19/h3-5H,1-2H3,(H,14,19)(H,17,18). The van der Waals surface area contributed by atoms with E-state index in [1.54, 1.807) is 12.1 Å². The monoisotopic (exact) mass is 261 g/mol. The number of hydrogen-bond donors (Lipinski definition) is 2. The molecule has 0 radical (unpaired) electrons. The molecule has 0 aliphatic rings. The van der Waals surface area contributed by atoms with E-state index in [-0.39, 0.29) is 0 Å². The van der Waals surface area contributed by atoms with Crippen LogP contribution in [-0.2, 0) is 0 Å². The smallest absolute Gasteiger partial charge is 0.362 e. The van der Waals surface area contributed by atoms with Crippen LogP contribution < -0.4 is 11.2 Å². The van der Waals surface area contributed by atoms with Gasteiger partial charge in [-0.25, -0.2) is 19.3 Å². The van der Waals surface area contributed by atoms with Crippen LogP contribution in [0.1, 0.15) is 21.6 Å². The highest BCUT2D eigenvalue weighted by Crippen LogP contribution is 2.10. The number of nitrogens with zero attached hydrogens (tertiary/aromatic N) is 2. The third-order valence-corrected chi connectivity index (χ3v) is 2.54. The van der Waals surface area contributed by atoms with Gasteiger partial charge >= 0.3 is 11.7 Å². The molecule has 0 bridgehead atoms. The normalized spacial score (nSPS) is 10.4. The predicted octanol–water partition coefficient (Wildman–Crippen LogP) is 0.236. The molecule has 1 aromatic carbocycles. The van der Waals surface area contributed by atoms with Gasteiger partial charge in [0.2, 0.25) is 5.69 Å². The van der Waals surface area contributed by atoms with E-state index in [0.717, 1.165) is 15.7 Å². The number of benzene rings is 1. The highest BCUT2D eigenvalue weighted by molar-refractivity contribution is 5.84. The predicted molar refractivity (Wildman–Crippen MR) is 66.9 cm³/mol. The maximum absolute atomic E-state index is 12.0. The molecule has 0 saturated heterocycles. The molecule has 1 heterocycles. The fourth-order valence-corrected chi connectivity index (χ4v) is 1.85. The van der Waals surface area contributed by atoms with Gasteiger partial charge in [0.1, 0.15) is 0 Å². The summed E-state index contributed by atoms with van der Waals surface area (Å²) in [5.41, 5.74) is -0.432. The molecule has 98 valence electrons. The lowest BCUT2D eigenvalue weighted by Crippen LogP contribution is -2.38. The average Bonchev–Trinajstić information content (AvgIpc) is 2.26. The molecule has 0 amide bonds. The zero-order valence-corrected chi connectivity index (χ0v) is 10.3. The number of carboxylic acids is 1. The number of aromatic amines is 1. The van der Waals surface area contributed by atoms with Crippen molar-refractivity contribution in [3.63, 3.8) is 0 Å². The summed E-state index contributed by atoms with van der Waals surface area (Å²) < 4.78 is 0.760. The third-order valence-electron chi connectivity index (χ3n) is 2.54. The lowest BCUT2D eigenvalue weighted by Gasteiger charge is -2.07. The van der Waals surface area contributed by atoms with Crippen molar-refractivity contribution in [2.24, 2.45) is 0 Å². The number of rotatable bonds is 2. The Morgan fingerprint density at radius 2 is 1.79 bits per heavy atom. The van der Waals surface area contributed by atoms with Gasteiger partial charge in [0.25, 0.3) is 5.56 Å². The molecule has 0 aliphatic heterocycles. The zero-order chi connectivity index (χ0) is 14.2. The Hall–Kier alpha value is -2.70. The van der Waals surface area contributed by atoms with E-state index in [4.69, 9.17) is 5.11 Å². The van der Waals surface area contributed by atoms with E-state index in [1.807, 2.05) is 25.0 Å². The SMILES string of the molecule is Cc1cc(C)cc(-n2c(=O)[nH]nc(C(=O)O)c2=O)c1. The number of hydrogen-bond acceptors (Lipinski definition) is 4. The van der Waals surface area contributed by atoms with Crippen LogP contribution in [0.5, 0.6) is 0 Å². The third kappa shape index (κ3) is 2.30. The van der Waals surface area contributed by atoms with Crippen LogP contribution in [-0.4, -0.2) is 25.8 Å². The molecule has 2 aromatic rings. The Balaban J connectivity index is 2.82.